The van der Waals surface area contributed by atoms with Crippen molar-refractivity contribution in [2.75, 3.05) is 0 Å². The van der Waals surface area contributed by atoms with E-state index in [-0.39, 0.29) is 24.6 Å². The maximum absolute atomic E-state index is 12.3. The molecule has 0 radical (unpaired) electrons. The highest BCUT2D eigenvalue weighted by Crippen LogP contribution is 2.41. The van der Waals surface area contributed by atoms with Crippen molar-refractivity contribution in [2.24, 2.45) is 5.73 Å². The first-order valence-corrected chi connectivity index (χ1v) is 7.12. The summed E-state index contributed by atoms with van der Waals surface area (Å²) in [4.78, 5) is 25.0. The summed E-state index contributed by atoms with van der Waals surface area (Å²) in [7, 11) is 0. The molecule has 6 heteroatoms. The average Bonchev–Trinajstić information content (AvgIpc) is 2.48. The molecule has 0 spiro atoms. The lowest BCUT2D eigenvalue weighted by atomic mass is 9.81. The summed E-state index contributed by atoms with van der Waals surface area (Å²) >= 11 is 0. The number of amides is 1. The molecule has 3 N–H and O–H groups in total. The van der Waals surface area contributed by atoms with E-state index in [1.807, 2.05) is 20.8 Å². The van der Waals surface area contributed by atoms with Crippen molar-refractivity contribution in [3.63, 3.8) is 0 Å². The number of carboxylic acids is 1. The van der Waals surface area contributed by atoms with Crippen LogP contribution in [0.4, 0.5) is 4.79 Å². The Kier molecular flexibility index (Phi) is 3.71. The Bertz CT molecular complexity index is 402. The molecular weight excluding hydrogens is 260 g/mol. The number of fused-ring (bicyclic) bond motifs is 2. The van der Waals surface area contributed by atoms with Crippen LogP contribution in [0.3, 0.4) is 0 Å². The second kappa shape index (κ2) is 4.91. The molecule has 2 unspecified atom stereocenters. The molecule has 1 amide bonds. The number of hydrogen-bond donors (Lipinski definition) is 2. The van der Waals surface area contributed by atoms with Crippen molar-refractivity contribution >= 4 is 12.1 Å². The van der Waals surface area contributed by atoms with E-state index >= 15 is 0 Å². The van der Waals surface area contributed by atoms with Crippen LogP contribution in [0, 0.1) is 0 Å². The number of carboxylic acid groups (broad SMARTS) is 1. The number of carbonyl (C=O) groups excluding carboxylic acids is 1. The van der Waals surface area contributed by atoms with Crippen LogP contribution in [0.25, 0.3) is 0 Å². The van der Waals surface area contributed by atoms with Gasteiger partial charge in [0.1, 0.15) is 5.60 Å². The van der Waals surface area contributed by atoms with Gasteiger partial charge < -0.3 is 20.5 Å². The van der Waals surface area contributed by atoms with Crippen molar-refractivity contribution < 1.29 is 19.4 Å². The van der Waals surface area contributed by atoms with Gasteiger partial charge in [0.15, 0.2) is 0 Å². The topological polar surface area (TPSA) is 92.9 Å². The van der Waals surface area contributed by atoms with Crippen LogP contribution in [0.2, 0.25) is 0 Å². The van der Waals surface area contributed by atoms with Crippen molar-refractivity contribution in [3.8, 4) is 0 Å². The SMILES string of the molecule is CC(C)(C)OC(=O)N1C2CCC1CC(N)(CC(=O)O)C2. The minimum absolute atomic E-state index is 0.00736. The maximum atomic E-state index is 12.3. The van der Waals surface area contributed by atoms with Crippen LogP contribution in [0.15, 0.2) is 0 Å². The van der Waals surface area contributed by atoms with E-state index in [2.05, 4.69) is 0 Å². The van der Waals surface area contributed by atoms with Crippen LogP contribution in [-0.4, -0.2) is 45.3 Å². The molecule has 20 heavy (non-hydrogen) atoms. The number of ether oxygens (including phenoxy) is 1. The third kappa shape index (κ3) is 3.23. The zero-order chi connectivity index (χ0) is 15.1. The van der Waals surface area contributed by atoms with Gasteiger partial charge in [-0.05, 0) is 46.5 Å². The van der Waals surface area contributed by atoms with Gasteiger partial charge in [-0.1, -0.05) is 0 Å². The molecule has 6 nitrogen and oxygen atoms in total. The second-order valence-corrected chi connectivity index (χ2v) is 7.11. The lowest BCUT2D eigenvalue weighted by Crippen LogP contribution is -2.58. The molecule has 2 rings (SSSR count). The number of nitrogens with zero attached hydrogens (tertiary/aromatic N) is 1. The predicted octanol–water partition coefficient (Wildman–Crippen LogP) is 1.72. The minimum Gasteiger partial charge on any atom is -0.481 e. The number of hydrogen-bond acceptors (Lipinski definition) is 4. The van der Waals surface area contributed by atoms with Crippen molar-refractivity contribution in [1.82, 2.24) is 4.90 Å². The molecule has 2 atom stereocenters. The van der Waals surface area contributed by atoms with Crippen LogP contribution in [0.5, 0.6) is 0 Å². The molecule has 0 aliphatic carbocycles. The van der Waals surface area contributed by atoms with Gasteiger partial charge in [-0.3, -0.25) is 4.79 Å². The highest BCUT2D eigenvalue weighted by Gasteiger charge is 2.50. The first-order valence-electron chi connectivity index (χ1n) is 7.12. The molecule has 0 aromatic heterocycles. The molecule has 0 saturated carbocycles. The first kappa shape index (κ1) is 15.1. The fourth-order valence-corrected chi connectivity index (χ4v) is 3.44. The van der Waals surface area contributed by atoms with E-state index in [0.29, 0.717) is 12.8 Å². The number of rotatable bonds is 2. The molecule has 2 heterocycles. The third-order valence-corrected chi connectivity index (χ3v) is 4.01. The fraction of sp³-hybridized carbons (Fsp3) is 0.857. The molecule has 2 fully saturated rings. The van der Waals surface area contributed by atoms with Gasteiger partial charge in [0, 0.05) is 17.6 Å². The number of carbonyl (C=O) groups is 2. The van der Waals surface area contributed by atoms with E-state index in [9.17, 15) is 9.59 Å². The van der Waals surface area contributed by atoms with E-state index in [4.69, 9.17) is 15.6 Å². The second-order valence-electron chi connectivity index (χ2n) is 7.11. The van der Waals surface area contributed by atoms with Crippen LogP contribution >= 0.6 is 0 Å². The van der Waals surface area contributed by atoms with Gasteiger partial charge in [-0.25, -0.2) is 4.79 Å². The maximum Gasteiger partial charge on any atom is 0.410 e. The van der Waals surface area contributed by atoms with Gasteiger partial charge in [0.2, 0.25) is 0 Å². The minimum atomic E-state index is -0.877. The quantitative estimate of drug-likeness (QED) is 0.805. The highest BCUT2D eigenvalue weighted by molar-refractivity contribution is 5.71. The summed E-state index contributed by atoms with van der Waals surface area (Å²) in [6.45, 7) is 5.53. The van der Waals surface area contributed by atoms with Crippen molar-refractivity contribution in [3.05, 3.63) is 0 Å². The highest BCUT2D eigenvalue weighted by atomic mass is 16.6. The summed E-state index contributed by atoms with van der Waals surface area (Å²) < 4.78 is 5.44. The molecule has 2 saturated heterocycles. The van der Waals surface area contributed by atoms with E-state index in [1.54, 1.807) is 4.90 Å². The first-order chi connectivity index (χ1) is 9.10. The smallest absolute Gasteiger partial charge is 0.410 e. The van der Waals surface area contributed by atoms with Gasteiger partial charge in [-0.15, -0.1) is 0 Å². The van der Waals surface area contributed by atoms with Gasteiger partial charge in [0.25, 0.3) is 0 Å². The van der Waals surface area contributed by atoms with Crippen LogP contribution in [-0.2, 0) is 9.53 Å². The van der Waals surface area contributed by atoms with Crippen molar-refractivity contribution in [2.45, 2.75) is 76.1 Å². The summed E-state index contributed by atoms with van der Waals surface area (Å²) in [5.41, 5.74) is 4.99. The van der Waals surface area contributed by atoms with E-state index in [1.165, 1.54) is 0 Å². The Morgan fingerprint density at radius 1 is 1.30 bits per heavy atom. The zero-order valence-corrected chi connectivity index (χ0v) is 12.4. The molecule has 0 aromatic carbocycles. The molecule has 0 aromatic rings. The van der Waals surface area contributed by atoms with Crippen LogP contribution in [0.1, 0.15) is 52.9 Å². The largest absolute Gasteiger partial charge is 0.481 e. The Morgan fingerprint density at radius 3 is 2.20 bits per heavy atom. The lowest BCUT2D eigenvalue weighted by Gasteiger charge is -2.44. The third-order valence-electron chi connectivity index (χ3n) is 4.01. The van der Waals surface area contributed by atoms with E-state index < -0.39 is 17.1 Å². The Hall–Kier alpha value is -1.30. The average molecular weight is 284 g/mol. The van der Waals surface area contributed by atoms with Gasteiger partial charge >= 0.3 is 12.1 Å². The molecule has 114 valence electrons. The normalized spacial score (nSPS) is 33.1. The molecule has 2 aliphatic heterocycles. The number of piperidine rings is 1. The summed E-state index contributed by atoms with van der Waals surface area (Å²) in [5.74, 6) is -0.877. The molecule has 2 bridgehead atoms. The Balaban J connectivity index is 2.07. The number of aliphatic carboxylic acids is 1. The van der Waals surface area contributed by atoms with Gasteiger partial charge in [-0.2, -0.15) is 0 Å². The summed E-state index contributed by atoms with van der Waals surface area (Å²) in [6.07, 6.45) is 2.49. The van der Waals surface area contributed by atoms with Gasteiger partial charge in [0.05, 0.1) is 6.42 Å². The summed E-state index contributed by atoms with van der Waals surface area (Å²) in [5, 5.41) is 8.97. The van der Waals surface area contributed by atoms with E-state index in [0.717, 1.165) is 12.8 Å². The molecule has 2 aliphatic rings. The molecular formula is C14H24N2O4. The fourth-order valence-electron chi connectivity index (χ4n) is 3.44. The number of nitrogens with two attached hydrogens (primary N) is 1. The standard InChI is InChI=1S/C14H24N2O4/c1-13(2,3)20-12(19)16-9-4-5-10(16)7-14(15,6-9)8-11(17)18/h9-10H,4-8,15H2,1-3H3,(H,17,18). The predicted molar refractivity (Wildman–Crippen MR) is 73.3 cm³/mol. The van der Waals surface area contributed by atoms with Crippen molar-refractivity contribution in [1.29, 1.82) is 0 Å². The lowest BCUT2D eigenvalue weighted by molar-refractivity contribution is -0.139. The summed E-state index contributed by atoms with van der Waals surface area (Å²) in [6, 6.07) is 0.0147. The Labute approximate surface area is 119 Å². The monoisotopic (exact) mass is 284 g/mol. The van der Waals surface area contributed by atoms with Crippen LogP contribution < -0.4 is 5.73 Å². The zero-order valence-electron chi connectivity index (χ0n) is 12.4. The Morgan fingerprint density at radius 2 is 1.80 bits per heavy atom.